The Kier molecular flexibility index (Phi) is 3.93. The van der Waals surface area contributed by atoms with Crippen LogP contribution in [0.15, 0.2) is 42.5 Å². The van der Waals surface area contributed by atoms with Crippen LogP contribution in [0.25, 0.3) is 0 Å². The first-order chi connectivity index (χ1) is 10.7. The summed E-state index contributed by atoms with van der Waals surface area (Å²) in [6.45, 7) is 1.73. The molecule has 110 valence electrons. The minimum atomic E-state index is -0.617. The van der Waals surface area contributed by atoms with Gasteiger partial charge in [0.1, 0.15) is 11.8 Å². The van der Waals surface area contributed by atoms with E-state index in [-0.39, 0.29) is 5.78 Å². The molecule has 1 aliphatic carbocycles. The highest BCUT2D eigenvalue weighted by Crippen LogP contribution is 2.24. The van der Waals surface area contributed by atoms with Gasteiger partial charge >= 0.3 is 0 Å². The van der Waals surface area contributed by atoms with Gasteiger partial charge in [0.2, 0.25) is 5.78 Å². The summed E-state index contributed by atoms with van der Waals surface area (Å²) in [5, 5.41) is 9.08. The first-order valence-corrected chi connectivity index (χ1v) is 7.51. The van der Waals surface area contributed by atoms with Crippen molar-refractivity contribution in [2.75, 3.05) is 0 Å². The number of Topliss-reactive ketones (excluding diaryl/α,β-unsaturated/α-hetero) is 1. The monoisotopic (exact) mass is 291 g/mol. The van der Waals surface area contributed by atoms with Gasteiger partial charge in [-0.15, -0.1) is 0 Å². The SMILES string of the molecule is CC(Oc1ccccc1C#N)C(=O)c1ccc2c(c1)CCC2. The first kappa shape index (κ1) is 14.3. The molecule has 2 aromatic rings. The van der Waals surface area contributed by atoms with Crippen molar-refractivity contribution in [3.05, 3.63) is 64.7 Å². The smallest absolute Gasteiger partial charge is 0.203 e. The Morgan fingerprint density at radius 2 is 1.95 bits per heavy atom. The molecule has 0 bridgehead atoms. The molecule has 1 unspecified atom stereocenters. The number of carbonyl (C=O) groups is 1. The quantitative estimate of drug-likeness (QED) is 0.807. The van der Waals surface area contributed by atoms with Crippen LogP contribution < -0.4 is 4.74 Å². The van der Waals surface area contributed by atoms with Crippen molar-refractivity contribution in [3.8, 4) is 11.8 Å². The fourth-order valence-electron chi connectivity index (χ4n) is 2.87. The van der Waals surface area contributed by atoms with Crippen LogP contribution in [0.3, 0.4) is 0 Å². The number of hydrogen-bond acceptors (Lipinski definition) is 3. The Bertz CT molecular complexity index is 758. The number of nitrogens with zero attached hydrogens (tertiary/aromatic N) is 1. The third-order valence-corrected chi connectivity index (χ3v) is 4.06. The highest BCUT2D eigenvalue weighted by Gasteiger charge is 2.20. The zero-order chi connectivity index (χ0) is 15.5. The van der Waals surface area contributed by atoms with E-state index in [2.05, 4.69) is 6.07 Å². The summed E-state index contributed by atoms with van der Waals surface area (Å²) >= 11 is 0. The summed E-state index contributed by atoms with van der Waals surface area (Å²) in [6, 6.07) is 15.0. The summed E-state index contributed by atoms with van der Waals surface area (Å²) in [6.07, 6.45) is 2.69. The minimum absolute atomic E-state index is 0.0533. The number of aryl methyl sites for hydroxylation is 2. The summed E-state index contributed by atoms with van der Waals surface area (Å²) < 4.78 is 5.70. The number of ether oxygens (including phenoxy) is 1. The van der Waals surface area contributed by atoms with Crippen molar-refractivity contribution in [3.63, 3.8) is 0 Å². The Labute approximate surface area is 130 Å². The fraction of sp³-hybridized carbons (Fsp3) is 0.263. The number of hydrogen-bond donors (Lipinski definition) is 0. The Balaban J connectivity index is 1.79. The maximum absolute atomic E-state index is 12.5. The molecule has 1 atom stereocenters. The van der Waals surface area contributed by atoms with Gasteiger partial charge in [-0.05, 0) is 55.5 Å². The van der Waals surface area contributed by atoms with E-state index in [4.69, 9.17) is 10.00 Å². The maximum atomic E-state index is 12.5. The Morgan fingerprint density at radius 1 is 1.18 bits per heavy atom. The number of ketones is 1. The number of carbonyl (C=O) groups excluding carboxylic acids is 1. The van der Waals surface area contributed by atoms with Crippen LogP contribution in [-0.2, 0) is 12.8 Å². The van der Waals surface area contributed by atoms with Crippen molar-refractivity contribution in [1.29, 1.82) is 5.26 Å². The molecule has 0 saturated heterocycles. The molecule has 0 amide bonds. The lowest BCUT2D eigenvalue weighted by Gasteiger charge is -2.15. The summed E-state index contributed by atoms with van der Waals surface area (Å²) in [4.78, 5) is 12.5. The first-order valence-electron chi connectivity index (χ1n) is 7.51. The van der Waals surface area contributed by atoms with Crippen LogP contribution in [-0.4, -0.2) is 11.9 Å². The van der Waals surface area contributed by atoms with Crippen LogP contribution in [0, 0.1) is 11.3 Å². The predicted octanol–water partition coefficient (Wildman–Crippen LogP) is 3.70. The largest absolute Gasteiger partial charge is 0.481 e. The van der Waals surface area contributed by atoms with Gasteiger partial charge in [-0.25, -0.2) is 0 Å². The zero-order valence-electron chi connectivity index (χ0n) is 12.5. The number of benzene rings is 2. The van der Waals surface area contributed by atoms with E-state index in [1.54, 1.807) is 31.2 Å². The van der Waals surface area contributed by atoms with E-state index in [0.29, 0.717) is 16.9 Å². The maximum Gasteiger partial charge on any atom is 0.203 e. The molecule has 0 fully saturated rings. The topological polar surface area (TPSA) is 50.1 Å². The molecule has 0 radical (unpaired) electrons. The average Bonchev–Trinajstić information content (AvgIpc) is 3.02. The van der Waals surface area contributed by atoms with Gasteiger partial charge < -0.3 is 4.74 Å². The van der Waals surface area contributed by atoms with Gasteiger partial charge in [-0.2, -0.15) is 5.26 Å². The molecule has 0 N–H and O–H groups in total. The number of rotatable bonds is 4. The molecule has 2 aromatic carbocycles. The average molecular weight is 291 g/mol. The van der Waals surface area contributed by atoms with Crippen LogP contribution in [0.1, 0.15) is 40.4 Å². The second-order valence-electron chi connectivity index (χ2n) is 5.57. The highest BCUT2D eigenvalue weighted by atomic mass is 16.5. The molecule has 0 aromatic heterocycles. The van der Waals surface area contributed by atoms with Gasteiger partial charge in [0.25, 0.3) is 0 Å². The van der Waals surface area contributed by atoms with Gasteiger partial charge in [0, 0.05) is 5.56 Å². The molecule has 3 heteroatoms. The molecule has 0 saturated carbocycles. The lowest BCUT2D eigenvalue weighted by Crippen LogP contribution is -2.24. The summed E-state index contributed by atoms with van der Waals surface area (Å²) in [5.74, 6) is 0.398. The molecule has 0 aliphatic heterocycles. The van der Waals surface area contributed by atoms with Gasteiger partial charge in [-0.3, -0.25) is 4.79 Å². The van der Waals surface area contributed by atoms with Crippen molar-refractivity contribution in [1.82, 2.24) is 0 Å². The lowest BCUT2D eigenvalue weighted by molar-refractivity contribution is 0.0817. The second-order valence-corrected chi connectivity index (χ2v) is 5.57. The van der Waals surface area contributed by atoms with Crippen LogP contribution >= 0.6 is 0 Å². The van der Waals surface area contributed by atoms with Crippen molar-refractivity contribution < 1.29 is 9.53 Å². The Morgan fingerprint density at radius 3 is 2.77 bits per heavy atom. The number of para-hydroxylation sites is 1. The third-order valence-electron chi connectivity index (χ3n) is 4.06. The minimum Gasteiger partial charge on any atom is -0.481 e. The van der Waals surface area contributed by atoms with Gasteiger partial charge in [-0.1, -0.05) is 24.3 Å². The van der Waals surface area contributed by atoms with Gasteiger partial charge in [0.15, 0.2) is 6.10 Å². The molecular weight excluding hydrogens is 274 g/mol. The van der Waals surface area contributed by atoms with Crippen molar-refractivity contribution in [2.24, 2.45) is 0 Å². The molecule has 22 heavy (non-hydrogen) atoms. The third kappa shape index (κ3) is 2.73. The van der Waals surface area contributed by atoms with Crippen LogP contribution in [0.2, 0.25) is 0 Å². The van der Waals surface area contributed by atoms with Gasteiger partial charge in [0.05, 0.1) is 5.56 Å². The summed E-state index contributed by atoms with van der Waals surface area (Å²) in [5.41, 5.74) is 3.74. The molecule has 3 rings (SSSR count). The van der Waals surface area contributed by atoms with Crippen LogP contribution in [0.4, 0.5) is 0 Å². The highest BCUT2D eigenvalue weighted by molar-refractivity contribution is 5.99. The van der Waals surface area contributed by atoms with E-state index in [1.807, 2.05) is 18.2 Å². The molecule has 3 nitrogen and oxygen atoms in total. The van der Waals surface area contributed by atoms with E-state index in [1.165, 1.54) is 11.1 Å². The number of nitriles is 1. The zero-order valence-corrected chi connectivity index (χ0v) is 12.5. The molecule has 1 aliphatic rings. The predicted molar refractivity (Wildman–Crippen MR) is 84.0 cm³/mol. The van der Waals surface area contributed by atoms with Crippen molar-refractivity contribution in [2.45, 2.75) is 32.3 Å². The standard InChI is InChI=1S/C19H17NO2/c1-13(22-18-8-3-2-5-17(18)12-20)19(21)16-10-9-14-6-4-7-15(14)11-16/h2-3,5,8-11,13H,4,6-7H2,1H3. The lowest BCUT2D eigenvalue weighted by atomic mass is 10.0. The Hall–Kier alpha value is -2.60. The van der Waals surface area contributed by atoms with E-state index in [9.17, 15) is 4.79 Å². The van der Waals surface area contributed by atoms with Crippen LogP contribution in [0.5, 0.6) is 5.75 Å². The fourth-order valence-corrected chi connectivity index (χ4v) is 2.87. The van der Waals surface area contributed by atoms with E-state index >= 15 is 0 Å². The van der Waals surface area contributed by atoms with E-state index in [0.717, 1.165) is 19.3 Å². The second kappa shape index (κ2) is 6.03. The molecular formula is C19H17NO2. The normalized spacial score (nSPS) is 14.0. The van der Waals surface area contributed by atoms with E-state index < -0.39 is 6.10 Å². The van der Waals surface area contributed by atoms with Crippen molar-refractivity contribution >= 4 is 5.78 Å². The summed E-state index contributed by atoms with van der Waals surface area (Å²) in [7, 11) is 0. The number of fused-ring (bicyclic) bond motifs is 1. The molecule has 0 heterocycles. The molecule has 0 spiro atoms.